The minimum absolute atomic E-state index is 0.0997. The zero-order valence-corrected chi connectivity index (χ0v) is 12.9. The van der Waals surface area contributed by atoms with Gasteiger partial charge in [-0.15, -0.1) is 0 Å². The van der Waals surface area contributed by atoms with Crippen LogP contribution >= 0.6 is 0 Å². The molecule has 1 saturated carbocycles. The minimum Gasteiger partial charge on any atom is -0.326 e. The molecule has 6 heteroatoms. The van der Waals surface area contributed by atoms with Crippen molar-refractivity contribution in [3.63, 3.8) is 0 Å². The number of carbonyl (C=O) groups is 2. The third kappa shape index (κ3) is 2.66. The van der Waals surface area contributed by atoms with Crippen LogP contribution in [-0.2, 0) is 11.2 Å². The molecule has 3 amide bonds. The zero-order valence-electron chi connectivity index (χ0n) is 12.9. The molecule has 23 heavy (non-hydrogen) atoms. The number of benzene rings is 1. The number of halogens is 1. The van der Waals surface area contributed by atoms with E-state index in [-0.39, 0.29) is 17.6 Å². The average molecular weight is 317 g/mol. The van der Waals surface area contributed by atoms with Crippen LogP contribution in [0.25, 0.3) is 0 Å². The highest BCUT2D eigenvalue weighted by Gasteiger charge is 2.38. The number of amides is 3. The standard InChI is InChI=1S/C17H20FN3O2/c18-13-7-14-10(4-5-16(22)19-14)6-15(13)20-17(23)21-8-11-2-1-3-12(11)9-21/h6-7,11-12H,1-5,8-9H2,(H,19,22)(H,20,23)/t11-,12-/m0/s1. The summed E-state index contributed by atoms with van der Waals surface area (Å²) in [4.78, 5) is 25.6. The number of carbonyl (C=O) groups excluding carboxylic acids is 2. The summed E-state index contributed by atoms with van der Waals surface area (Å²) in [5.74, 6) is 0.615. The number of nitrogens with one attached hydrogen (secondary N) is 2. The van der Waals surface area contributed by atoms with Crippen LogP contribution in [0.5, 0.6) is 0 Å². The smallest absolute Gasteiger partial charge is 0.321 e. The van der Waals surface area contributed by atoms with Crippen LogP contribution in [-0.4, -0.2) is 29.9 Å². The minimum atomic E-state index is -0.515. The maximum atomic E-state index is 14.2. The molecule has 0 unspecified atom stereocenters. The fraction of sp³-hybridized carbons (Fsp3) is 0.529. The van der Waals surface area contributed by atoms with Gasteiger partial charge in [-0.1, -0.05) is 6.42 Å². The molecular formula is C17H20FN3O2. The Morgan fingerprint density at radius 3 is 2.70 bits per heavy atom. The van der Waals surface area contributed by atoms with Gasteiger partial charge in [-0.3, -0.25) is 4.79 Å². The van der Waals surface area contributed by atoms with E-state index in [0.29, 0.717) is 30.4 Å². The lowest BCUT2D eigenvalue weighted by Crippen LogP contribution is -2.34. The van der Waals surface area contributed by atoms with E-state index in [4.69, 9.17) is 0 Å². The molecule has 2 N–H and O–H groups in total. The topological polar surface area (TPSA) is 61.4 Å². The number of hydrogen-bond donors (Lipinski definition) is 2. The quantitative estimate of drug-likeness (QED) is 0.836. The van der Waals surface area contributed by atoms with Crippen LogP contribution in [0.15, 0.2) is 12.1 Å². The molecular weight excluding hydrogens is 297 g/mol. The van der Waals surface area contributed by atoms with Gasteiger partial charge in [0.25, 0.3) is 0 Å². The summed E-state index contributed by atoms with van der Waals surface area (Å²) in [5.41, 5.74) is 1.56. The number of anilines is 2. The molecule has 2 heterocycles. The molecule has 0 bridgehead atoms. The third-order valence-electron chi connectivity index (χ3n) is 5.34. The van der Waals surface area contributed by atoms with E-state index in [1.807, 2.05) is 0 Å². The van der Waals surface area contributed by atoms with Crippen LogP contribution in [0.2, 0.25) is 0 Å². The SMILES string of the molecule is O=C1CCc2cc(NC(=O)N3C[C@@H]4CCC[C@H]4C3)c(F)cc2N1. The van der Waals surface area contributed by atoms with Gasteiger partial charge >= 0.3 is 6.03 Å². The fourth-order valence-corrected chi connectivity index (χ4v) is 4.09. The Bertz CT molecular complexity index is 664. The summed E-state index contributed by atoms with van der Waals surface area (Å²) in [6.45, 7) is 1.55. The van der Waals surface area contributed by atoms with E-state index >= 15 is 0 Å². The van der Waals surface area contributed by atoms with Crippen LogP contribution in [0.4, 0.5) is 20.6 Å². The highest BCUT2D eigenvalue weighted by Crippen LogP contribution is 2.38. The molecule has 0 aromatic heterocycles. The van der Waals surface area contributed by atoms with Gasteiger partial charge in [0.2, 0.25) is 5.91 Å². The van der Waals surface area contributed by atoms with Crippen molar-refractivity contribution in [2.24, 2.45) is 11.8 Å². The number of nitrogens with zero attached hydrogens (tertiary/aromatic N) is 1. The second-order valence-electron chi connectivity index (χ2n) is 6.82. The Kier molecular flexibility index (Phi) is 3.47. The lowest BCUT2D eigenvalue weighted by molar-refractivity contribution is -0.116. The van der Waals surface area contributed by atoms with Crippen molar-refractivity contribution in [1.29, 1.82) is 0 Å². The van der Waals surface area contributed by atoms with Crippen LogP contribution in [0.1, 0.15) is 31.2 Å². The zero-order chi connectivity index (χ0) is 16.0. The summed E-state index contributed by atoms with van der Waals surface area (Å²) in [6.07, 6.45) is 4.61. The largest absolute Gasteiger partial charge is 0.326 e. The monoisotopic (exact) mass is 317 g/mol. The van der Waals surface area contributed by atoms with Gasteiger partial charge in [-0.05, 0) is 48.8 Å². The fourth-order valence-electron chi connectivity index (χ4n) is 4.09. The van der Waals surface area contributed by atoms with E-state index < -0.39 is 5.82 Å². The maximum absolute atomic E-state index is 14.2. The molecule has 2 atom stereocenters. The Labute approximate surface area is 134 Å². The van der Waals surface area contributed by atoms with Crippen LogP contribution in [0, 0.1) is 17.7 Å². The van der Waals surface area contributed by atoms with Gasteiger partial charge in [0.15, 0.2) is 0 Å². The second-order valence-corrected chi connectivity index (χ2v) is 6.82. The van der Waals surface area contributed by atoms with Crippen LogP contribution in [0.3, 0.4) is 0 Å². The van der Waals surface area contributed by atoms with Crippen molar-refractivity contribution < 1.29 is 14.0 Å². The van der Waals surface area contributed by atoms with E-state index in [9.17, 15) is 14.0 Å². The number of rotatable bonds is 1. The predicted octanol–water partition coefficient (Wildman–Crippen LogP) is 2.97. The lowest BCUT2D eigenvalue weighted by Gasteiger charge is -2.21. The average Bonchev–Trinajstić information content (AvgIpc) is 3.09. The first-order valence-electron chi connectivity index (χ1n) is 8.28. The predicted molar refractivity (Wildman–Crippen MR) is 84.8 cm³/mol. The molecule has 3 aliphatic rings. The highest BCUT2D eigenvalue weighted by atomic mass is 19.1. The molecule has 5 nitrogen and oxygen atoms in total. The van der Waals surface area contributed by atoms with Gasteiger partial charge in [0.05, 0.1) is 5.69 Å². The summed E-state index contributed by atoms with van der Waals surface area (Å²) >= 11 is 0. The van der Waals surface area contributed by atoms with Crippen molar-refractivity contribution in [3.8, 4) is 0 Å². The first kappa shape index (κ1) is 14.5. The summed E-state index contributed by atoms with van der Waals surface area (Å²) in [7, 11) is 0. The highest BCUT2D eigenvalue weighted by molar-refractivity contribution is 5.95. The summed E-state index contributed by atoms with van der Waals surface area (Å²) < 4.78 is 14.2. The van der Waals surface area contributed by atoms with E-state index in [1.165, 1.54) is 25.3 Å². The molecule has 122 valence electrons. The number of urea groups is 1. The number of fused-ring (bicyclic) bond motifs is 2. The van der Waals surface area contributed by atoms with Gasteiger partial charge in [-0.25, -0.2) is 9.18 Å². The molecule has 4 rings (SSSR count). The van der Waals surface area contributed by atoms with Gasteiger partial charge in [0.1, 0.15) is 5.82 Å². The van der Waals surface area contributed by atoms with E-state index in [1.54, 1.807) is 11.0 Å². The van der Waals surface area contributed by atoms with Crippen molar-refractivity contribution in [1.82, 2.24) is 4.90 Å². The maximum Gasteiger partial charge on any atom is 0.321 e. The number of aryl methyl sites for hydroxylation is 1. The number of likely N-dealkylation sites (tertiary alicyclic amines) is 1. The van der Waals surface area contributed by atoms with Gasteiger partial charge in [-0.2, -0.15) is 0 Å². The molecule has 0 spiro atoms. The second kappa shape index (κ2) is 5.51. The third-order valence-corrected chi connectivity index (χ3v) is 5.34. The molecule has 2 fully saturated rings. The normalized spacial score (nSPS) is 25.8. The Morgan fingerprint density at radius 2 is 1.96 bits per heavy atom. The molecule has 1 saturated heterocycles. The number of hydrogen-bond acceptors (Lipinski definition) is 2. The van der Waals surface area contributed by atoms with E-state index in [2.05, 4.69) is 10.6 Å². The van der Waals surface area contributed by atoms with Crippen molar-refractivity contribution >= 4 is 23.3 Å². The molecule has 1 aromatic carbocycles. The van der Waals surface area contributed by atoms with Crippen molar-refractivity contribution in [2.45, 2.75) is 32.1 Å². The molecule has 2 aliphatic heterocycles. The van der Waals surface area contributed by atoms with E-state index in [0.717, 1.165) is 18.7 Å². The Morgan fingerprint density at radius 1 is 1.22 bits per heavy atom. The van der Waals surface area contributed by atoms with Crippen molar-refractivity contribution in [3.05, 3.63) is 23.5 Å². The Hall–Kier alpha value is -2.11. The summed E-state index contributed by atoms with van der Waals surface area (Å²) in [5, 5.41) is 5.36. The first-order chi connectivity index (χ1) is 11.1. The molecule has 1 aliphatic carbocycles. The van der Waals surface area contributed by atoms with Crippen LogP contribution < -0.4 is 10.6 Å². The molecule has 1 aromatic rings. The first-order valence-corrected chi connectivity index (χ1v) is 8.28. The Balaban J connectivity index is 1.48. The van der Waals surface area contributed by atoms with Crippen molar-refractivity contribution in [2.75, 3.05) is 23.7 Å². The molecule has 0 radical (unpaired) electrons. The lowest BCUT2D eigenvalue weighted by atomic mass is 10.0. The summed E-state index contributed by atoms with van der Waals surface area (Å²) in [6, 6.07) is 2.71. The van der Waals surface area contributed by atoms with Gasteiger partial charge < -0.3 is 15.5 Å². The van der Waals surface area contributed by atoms with Gasteiger partial charge in [0, 0.05) is 25.2 Å².